The van der Waals surface area contributed by atoms with Crippen LogP contribution >= 0.6 is 11.6 Å². The first-order chi connectivity index (χ1) is 9.60. The molecule has 1 atom stereocenters. The fourth-order valence-electron chi connectivity index (χ4n) is 1.78. The number of hydrogen-bond donors (Lipinski definition) is 1. The van der Waals surface area contributed by atoms with Gasteiger partial charge in [-0.05, 0) is 36.8 Å². The molecule has 2 aromatic carbocycles. The molecule has 0 aromatic heterocycles. The Balaban J connectivity index is 2.09. The van der Waals surface area contributed by atoms with E-state index in [4.69, 9.17) is 27.3 Å². The Hall–Kier alpha value is -2.02. The van der Waals surface area contributed by atoms with Crippen LogP contribution < -0.4 is 10.5 Å². The van der Waals surface area contributed by atoms with Crippen LogP contribution in [0.4, 0.5) is 0 Å². The number of ether oxygens (including phenoxy) is 1. The Morgan fingerprint density at radius 2 is 2.10 bits per heavy atom. The average molecular weight is 287 g/mol. The van der Waals surface area contributed by atoms with Gasteiger partial charge in [0.05, 0.1) is 11.6 Å². The third-order valence-electron chi connectivity index (χ3n) is 2.96. The molecule has 20 heavy (non-hydrogen) atoms. The maximum absolute atomic E-state index is 8.79. The fourth-order valence-corrected chi connectivity index (χ4v) is 2.02. The van der Waals surface area contributed by atoms with Gasteiger partial charge >= 0.3 is 0 Å². The van der Waals surface area contributed by atoms with Crippen LogP contribution in [0.25, 0.3) is 0 Å². The number of halogens is 1. The lowest BCUT2D eigenvalue weighted by atomic mass is 10.1. The molecule has 102 valence electrons. The van der Waals surface area contributed by atoms with Gasteiger partial charge in [0, 0.05) is 16.6 Å². The van der Waals surface area contributed by atoms with Gasteiger partial charge in [-0.2, -0.15) is 5.26 Å². The molecule has 0 fully saturated rings. The zero-order chi connectivity index (χ0) is 14.5. The topological polar surface area (TPSA) is 59.0 Å². The molecule has 0 saturated heterocycles. The molecule has 0 bridgehead atoms. The summed E-state index contributed by atoms with van der Waals surface area (Å²) in [4.78, 5) is 0. The van der Waals surface area contributed by atoms with Crippen molar-refractivity contribution in [3.8, 4) is 11.8 Å². The Labute approximate surface area is 123 Å². The van der Waals surface area contributed by atoms with Crippen LogP contribution in [0.15, 0.2) is 42.5 Å². The van der Waals surface area contributed by atoms with Crippen molar-refractivity contribution < 1.29 is 4.74 Å². The molecule has 0 radical (unpaired) electrons. The zero-order valence-electron chi connectivity index (χ0n) is 11.1. The summed E-state index contributed by atoms with van der Waals surface area (Å²) in [5, 5.41) is 9.33. The summed E-state index contributed by atoms with van der Waals surface area (Å²) in [5.74, 6) is 0.750. The standard InChI is InChI=1S/C16H15ClN2O/c1-11(19)13-3-2-4-15(8-13)20-10-14-6-5-12(9-18)7-16(14)17/h2-8,11H,10,19H2,1H3/t11-/m0/s1. The van der Waals surface area contributed by atoms with E-state index in [2.05, 4.69) is 0 Å². The van der Waals surface area contributed by atoms with Gasteiger partial charge in [-0.25, -0.2) is 0 Å². The second kappa shape index (κ2) is 6.42. The lowest BCUT2D eigenvalue weighted by molar-refractivity contribution is 0.306. The van der Waals surface area contributed by atoms with Crippen molar-refractivity contribution in [3.63, 3.8) is 0 Å². The minimum Gasteiger partial charge on any atom is -0.489 e. The van der Waals surface area contributed by atoms with Gasteiger partial charge in [0.1, 0.15) is 12.4 Å². The van der Waals surface area contributed by atoms with Crippen LogP contribution in [0.1, 0.15) is 29.7 Å². The van der Waals surface area contributed by atoms with E-state index in [1.807, 2.05) is 37.3 Å². The van der Waals surface area contributed by atoms with Gasteiger partial charge in [-0.3, -0.25) is 0 Å². The molecule has 4 heteroatoms. The maximum Gasteiger partial charge on any atom is 0.120 e. The van der Waals surface area contributed by atoms with Crippen molar-refractivity contribution in [2.24, 2.45) is 5.73 Å². The molecule has 0 amide bonds. The second-order valence-corrected chi connectivity index (χ2v) is 4.98. The Bertz CT molecular complexity index is 647. The van der Waals surface area contributed by atoms with Crippen LogP contribution in [-0.2, 0) is 6.61 Å². The van der Waals surface area contributed by atoms with Crippen LogP contribution in [-0.4, -0.2) is 0 Å². The highest BCUT2D eigenvalue weighted by Gasteiger charge is 2.05. The molecular weight excluding hydrogens is 272 g/mol. The molecule has 2 aromatic rings. The number of benzene rings is 2. The summed E-state index contributed by atoms with van der Waals surface area (Å²) in [6.07, 6.45) is 0. The summed E-state index contributed by atoms with van der Waals surface area (Å²) in [6, 6.07) is 14.9. The predicted molar refractivity (Wildman–Crippen MR) is 79.5 cm³/mol. The average Bonchev–Trinajstić information content (AvgIpc) is 2.46. The van der Waals surface area contributed by atoms with Crippen molar-refractivity contribution in [2.75, 3.05) is 0 Å². The Morgan fingerprint density at radius 3 is 2.75 bits per heavy atom. The number of hydrogen-bond acceptors (Lipinski definition) is 3. The highest BCUT2D eigenvalue weighted by molar-refractivity contribution is 6.31. The molecule has 0 spiro atoms. The Kier molecular flexibility index (Phi) is 4.62. The van der Waals surface area contributed by atoms with Crippen molar-refractivity contribution in [3.05, 3.63) is 64.2 Å². The quantitative estimate of drug-likeness (QED) is 0.930. The van der Waals surface area contributed by atoms with E-state index < -0.39 is 0 Å². The van der Waals surface area contributed by atoms with E-state index in [1.165, 1.54) is 0 Å². The monoisotopic (exact) mass is 286 g/mol. The van der Waals surface area contributed by atoms with Crippen molar-refractivity contribution in [1.29, 1.82) is 5.26 Å². The first-order valence-corrected chi connectivity index (χ1v) is 6.65. The third-order valence-corrected chi connectivity index (χ3v) is 3.31. The fraction of sp³-hybridized carbons (Fsp3) is 0.188. The summed E-state index contributed by atoms with van der Waals surface area (Å²) >= 11 is 6.11. The first-order valence-electron chi connectivity index (χ1n) is 6.27. The molecule has 2 N–H and O–H groups in total. The molecule has 0 aliphatic rings. The van der Waals surface area contributed by atoms with Crippen LogP contribution in [0.5, 0.6) is 5.75 Å². The van der Waals surface area contributed by atoms with Crippen LogP contribution in [0, 0.1) is 11.3 Å². The van der Waals surface area contributed by atoms with E-state index in [0.717, 1.165) is 16.9 Å². The molecule has 2 rings (SSSR count). The number of nitrogens with zero attached hydrogens (tertiary/aromatic N) is 1. The first kappa shape index (κ1) is 14.4. The Morgan fingerprint density at radius 1 is 1.30 bits per heavy atom. The van der Waals surface area contributed by atoms with E-state index in [9.17, 15) is 0 Å². The van der Waals surface area contributed by atoms with Gasteiger partial charge in [-0.1, -0.05) is 29.8 Å². The van der Waals surface area contributed by atoms with E-state index in [1.54, 1.807) is 18.2 Å². The lowest BCUT2D eigenvalue weighted by Crippen LogP contribution is -2.05. The number of nitriles is 1. The predicted octanol–water partition coefficient (Wildman–Crippen LogP) is 3.81. The smallest absolute Gasteiger partial charge is 0.120 e. The molecule has 0 unspecified atom stereocenters. The van der Waals surface area contributed by atoms with Gasteiger partial charge < -0.3 is 10.5 Å². The van der Waals surface area contributed by atoms with E-state index in [0.29, 0.717) is 17.2 Å². The summed E-state index contributed by atoms with van der Waals surface area (Å²) < 4.78 is 5.71. The summed E-state index contributed by atoms with van der Waals surface area (Å²) in [7, 11) is 0. The molecule has 3 nitrogen and oxygen atoms in total. The molecule has 0 saturated carbocycles. The highest BCUT2D eigenvalue weighted by Crippen LogP contribution is 2.22. The maximum atomic E-state index is 8.79. The summed E-state index contributed by atoms with van der Waals surface area (Å²) in [6.45, 7) is 2.28. The van der Waals surface area contributed by atoms with Gasteiger partial charge in [-0.15, -0.1) is 0 Å². The van der Waals surface area contributed by atoms with E-state index in [-0.39, 0.29) is 6.04 Å². The van der Waals surface area contributed by atoms with Crippen molar-refractivity contribution >= 4 is 11.6 Å². The van der Waals surface area contributed by atoms with Crippen molar-refractivity contribution in [1.82, 2.24) is 0 Å². The number of rotatable bonds is 4. The molecule has 0 aliphatic carbocycles. The largest absolute Gasteiger partial charge is 0.489 e. The minimum absolute atomic E-state index is 0.0305. The van der Waals surface area contributed by atoms with Gasteiger partial charge in [0.15, 0.2) is 0 Å². The highest BCUT2D eigenvalue weighted by atomic mass is 35.5. The van der Waals surface area contributed by atoms with Gasteiger partial charge in [0.25, 0.3) is 0 Å². The SMILES string of the molecule is C[C@H](N)c1cccc(OCc2ccc(C#N)cc2Cl)c1. The van der Waals surface area contributed by atoms with E-state index >= 15 is 0 Å². The third kappa shape index (κ3) is 3.51. The number of nitrogens with two attached hydrogens (primary N) is 1. The lowest BCUT2D eigenvalue weighted by Gasteiger charge is -2.11. The molecule has 0 aliphatic heterocycles. The minimum atomic E-state index is -0.0305. The molecule has 0 heterocycles. The second-order valence-electron chi connectivity index (χ2n) is 4.57. The normalized spacial score (nSPS) is 11.7. The van der Waals surface area contributed by atoms with Crippen molar-refractivity contribution in [2.45, 2.75) is 19.6 Å². The molecular formula is C16H15ClN2O. The summed E-state index contributed by atoms with van der Waals surface area (Å²) in [5.41, 5.74) is 8.24. The van der Waals surface area contributed by atoms with Gasteiger partial charge in [0.2, 0.25) is 0 Å². The van der Waals surface area contributed by atoms with Crippen LogP contribution in [0.3, 0.4) is 0 Å². The zero-order valence-corrected chi connectivity index (χ0v) is 11.9. The van der Waals surface area contributed by atoms with Crippen LogP contribution in [0.2, 0.25) is 5.02 Å².